The number of hydrogen-bond donors (Lipinski definition) is 1. The monoisotopic (exact) mass is 285 g/mol. The zero-order valence-corrected chi connectivity index (χ0v) is 12.6. The van der Waals surface area contributed by atoms with Crippen molar-refractivity contribution in [3.63, 3.8) is 0 Å². The summed E-state index contributed by atoms with van der Waals surface area (Å²) in [5, 5.41) is 3.54. The molecule has 2 aromatic rings. The predicted octanol–water partition coefficient (Wildman–Crippen LogP) is 4.78. The highest BCUT2D eigenvalue weighted by atomic mass is 35.5. The molecule has 0 amide bonds. The molecule has 0 spiro atoms. The van der Waals surface area contributed by atoms with E-state index in [2.05, 4.69) is 38.2 Å². The second-order valence-corrected chi connectivity index (χ2v) is 7.21. The van der Waals surface area contributed by atoms with Gasteiger partial charge in [-0.2, -0.15) is 0 Å². The summed E-state index contributed by atoms with van der Waals surface area (Å²) in [6, 6.07) is 6.65. The van der Waals surface area contributed by atoms with E-state index in [1.165, 1.54) is 20.2 Å². The SMILES string of the molecule is CCNC(c1ccc(Cl)s1)c1cc(C)sc1C. The summed E-state index contributed by atoms with van der Waals surface area (Å²) < 4.78 is 0.854. The normalized spacial score (nSPS) is 12.9. The van der Waals surface area contributed by atoms with Gasteiger partial charge in [0, 0.05) is 14.6 Å². The van der Waals surface area contributed by atoms with E-state index in [0.29, 0.717) is 0 Å². The van der Waals surface area contributed by atoms with Crippen molar-refractivity contribution in [2.24, 2.45) is 0 Å². The fraction of sp³-hybridized carbons (Fsp3) is 0.385. The van der Waals surface area contributed by atoms with Crippen LogP contribution in [-0.4, -0.2) is 6.54 Å². The second kappa shape index (κ2) is 5.53. The van der Waals surface area contributed by atoms with E-state index in [9.17, 15) is 0 Å². The van der Waals surface area contributed by atoms with Gasteiger partial charge in [-0.05, 0) is 44.2 Å². The van der Waals surface area contributed by atoms with Crippen LogP contribution in [0.2, 0.25) is 4.34 Å². The number of nitrogens with one attached hydrogen (secondary N) is 1. The van der Waals surface area contributed by atoms with E-state index in [4.69, 9.17) is 11.6 Å². The molecule has 0 radical (unpaired) electrons. The zero-order chi connectivity index (χ0) is 12.4. The van der Waals surface area contributed by atoms with Gasteiger partial charge >= 0.3 is 0 Å². The Labute approximate surface area is 115 Å². The topological polar surface area (TPSA) is 12.0 Å². The van der Waals surface area contributed by atoms with Crippen LogP contribution in [0, 0.1) is 13.8 Å². The molecule has 0 fully saturated rings. The fourth-order valence-electron chi connectivity index (χ4n) is 1.99. The lowest BCUT2D eigenvalue weighted by Gasteiger charge is -2.16. The number of halogens is 1. The van der Waals surface area contributed by atoms with Gasteiger partial charge in [0.05, 0.1) is 10.4 Å². The lowest BCUT2D eigenvalue weighted by molar-refractivity contribution is 0.639. The van der Waals surface area contributed by atoms with E-state index in [-0.39, 0.29) is 6.04 Å². The maximum atomic E-state index is 6.03. The van der Waals surface area contributed by atoms with Crippen molar-refractivity contribution in [2.45, 2.75) is 26.8 Å². The van der Waals surface area contributed by atoms with Crippen LogP contribution in [0.4, 0.5) is 0 Å². The Morgan fingerprint density at radius 3 is 2.53 bits per heavy atom. The standard InChI is InChI=1S/C13H16ClNS2/c1-4-15-13(11-5-6-12(14)17-11)10-7-8(2)16-9(10)3/h5-7,13,15H,4H2,1-3H3. The quantitative estimate of drug-likeness (QED) is 0.852. The molecule has 2 heterocycles. The van der Waals surface area contributed by atoms with Gasteiger partial charge in [0.2, 0.25) is 0 Å². The van der Waals surface area contributed by atoms with Crippen LogP contribution in [-0.2, 0) is 0 Å². The summed E-state index contributed by atoms with van der Waals surface area (Å²) in [7, 11) is 0. The van der Waals surface area contributed by atoms with Gasteiger partial charge in [-0.25, -0.2) is 0 Å². The highest BCUT2D eigenvalue weighted by Crippen LogP contribution is 2.35. The Hall–Kier alpha value is -0.350. The molecule has 1 nitrogen and oxygen atoms in total. The average molecular weight is 286 g/mol. The summed E-state index contributed by atoms with van der Waals surface area (Å²) in [6.45, 7) is 7.43. The van der Waals surface area contributed by atoms with Crippen molar-refractivity contribution in [3.05, 3.63) is 42.7 Å². The molecular formula is C13H16ClNS2. The van der Waals surface area contributed by atoms with Crippen molar-refractivity contribution >= 4 is 34.3 Å². The smallest absolute Gasteiger partial charge is 0.0931 e. The Morgan fingerprint density at radius 1 is 1.29 bits per heavy atom. The molecule has 0 aliphatic heterocycles. The third-order valence-electron chi connectivity index (χ3n) is 2.68. The molecule has 0 bridgehead atoms. The van der Waals surface area contributed by atoms with Gasteiger partial charge in [0.25, 0.3) is 0 Å². The van der Waals surface area contributed by atoms with Gasteiger partial charge in [0.1, 0.15) is 0 Å². The first-order valence-corrected chi connectivity index (χ1v) is 7.68. The molecule has 2 rings (SSSR count). The van der Waals surface area contributed by atoms with E-state index in [1.54, 1.807) is 11.3 Å². The molecule has 0 aromatic carbocycles. The molecule has 2 aromatic heterocycles. The third kappa shape index (κ3) is 2.91. The number of rotatable bonds is 4. The van der Waals surface area contributed by atoms with Gasteiger partial charge in [-0.3, -0.25) is 0 Å². The number of aryl methyl sites for hydroxylation is 2. The minimum Gasteiger partial charge on any atom is -0.306 e. The average Bonchev–Trinajstić information content (AvgIpc) is 2.82. The highest BCUT2D eigenvalue weighted by Gasteiger charge is 2.18. The van der Waals surface area contributed by atoms with Crippen molar-refractivity contribution in [3.8, 4) is 0 Å². The summed E-state index contributed by atoms with van der Waals surface area (Å²) in [6.07, 6.45) is 0. The van der Waals surface area contributed by atoms with E-state index >= 15 is 0 Å². The van der Waals surface area contributed by atoms with Crippen LogP contribution in [0.3, 0.4) is 0 Å². The van der Waals surface area contributed by atoms with Crippen molar-refractivity contribution < 1.29 is 0 Å². The third-order valence-corrected chi connectivity index (χ3v) is 4.95. The van der Waals surface area contributed by atoms with Crippen molar-refractivity contribution in [1.29, 1.82) is 0 Å². The first kappa shape index (κ1) is 13.1. The van der Waals surface area contributed by atoms with E-state index in [0.717, 1.165) is 10.9 Å². The molecule has 0 saturated heterocycles. The van der Waals surface area contributed by atoms with Crippen LogP contribution in [0.25, 0.3) is 0 Å². The second-order valence-electron chi connectivity index (χ2n) is 4.00. The Bertz CT molecular complexity index is 501. The van der Waals surface area contributed by atoms with E-state index < -0.39 is 0 Å². The Balaban J connectivity index is 2.38. The molecule has 1 N–H and O–H groups in total. The minimum atomic E-state index is 0.280. The maximum absolute atomic E-state index is 6.03. The largest absolute Gasteiger partial charge is 0.306 e. The summed E-state index contributed by atoms with van der Waals surface area (Å²) in [5.41, 5.74) is 1.38. The number of hydrogen-bond acceptors (Lipinski definition) is 3. The van der Waals surface area contributed by atoms with E-state index in [1.807, 2.05) is 17.4 Å². The fourth-order valence-corrected chi connectivity index (χ4v) is 4.11. The molecule has 4 heteroatoms. The first-order chi connectivity index (χ1) is 8.11. The van der Waals surface area contributed by atoms with Gasteiger partial charge < -0.3 is 5.32 Å². The van der Waals surface area contributed by atoms with Crippen LogP contribution in [0.1, 0.15) is 33.2 Å². The Morgan fingerprint density at radius 2 is 2.06 bits per heavy atom. The molecule has 0 aliphatic rings. The van der Waals surface area contributed by atoms with Gasteiger partial charge in [0.15, 0.2) is 0 Å². The summed E-state index contributed by atoms with van der Waals surface area (Å²) in [5.74, 6) is 0. The summed E-state index contributed by atoms with van der Waals surface area (Å²) >= 11 is 9.54. The molecule has 17 heavy (non-hydrogen) atoms. The van der Waals surface area contributed by atoms with Crippen molar-refractivity contribution in [1.82, 2.24) is 5.32 Å². The predicted molar refractivity (Wildman–Crippen MR) is 78.6 cm³/mol. The molecule has 0 aliphatic carbocycles. The van der Waals surface area contributed by atoms with Crippen LogP contribution < -0.4 is 5.32 Å². The van der Waals surface area contributed by atoms with Crippen LogP contribution in [0.15, 0.2) is 18.2 Å². The molecule has 1 unspecified atom stereocenters. The molecule has 1 atom stereocenters. The Kier molecular flexibility index (Phi) is 4.26. The van der Waals surface area contributed by atoms with Gasteiger partial charge in [-0.1, -0.05) is 18.5 Å². The first-order valence-electron chi connectivity index (χ1n) is 5.67. The molecular weight excluding hydrogens is 270 g/mol. The van der Waals surface area contributed by atoms with Crippen LogP contribution >= 0.6 is 34.3 Å². The minimum absolute atomic E-state index is 0.280. The molecule has 92 valence electrons. The zero-order valence-electron chi connectivity index (χ0n) is 10.2. The van der Waals surface area contributed by atoms with Crippen LogP contribution in [0.5, 0.6) is 0 Å². The van der Waals surface area contributed by atoms with Crippen molar-refractivity contribution in [2.75, 3.05) is 6.54 Å². The van der Waals surface area contributed by atoms with Gasteiger partial charge in [-0.15, -0.1) is 22.7 Å². The summed E-state index contributed by atoms with van der Waals surface area (Å²) in [4.78, 5) is 4.04. The maximum Gasteiger partial charge on any atom is 0.0931 e. The lowest BCUT2D eigenvalue weighted by Crippen LogP contribution is -2.21. The highest BCUT2D eigenvalue weighted by molar-refractivity contribution is 7.16. The lowest BCUT2D eigenvalue weighted by atomic mass is 10.1. The number of thiophene rings is 2. The molecule has 0 saturated carbocycles.